The van der Waals surface area contributed by atoms with Gasteiger partial charge in [0.1, 0.15) is 5.75 Å². The molecule has 0 radical (unpaired) electrons. The van der Waals surface area contributed by atoms with Crippen LogP contribution in [0.2, 0.25) is 5.02 Å². The highest BCUT2D eigenvalue weighted by Gasteiger charge is 2.21. The lowest BCUT2D eigenvalue weighted by Crippen LogP contribution is -2.45. The summed E-state index contributed by atoms with van der Waals surface area (Å²) in [6.07, 6.45) is 1.77. The molecule has 1 fully saturated rings. The topological polar surface area (TPSA) is 64.5 Å². The van der Waals surface area contributed by atoms with Gasteiger partial charge in [0, 0.05) is 66.3 Å². The van der Waals surface area contributed by atoms with Gasteiger partial charge in [-0.15, -0.1) is 37.2 Å². The molecule has 2 N–H and O–H groups in total. The van der Waals surface area contributed by atoms with Gasteiger partial charge in [0.25, 0.3) is 0 Å². The number of aromatic hydroxyl groups is 1. The number of benzene rings is 3. The zero-order valence-corrected chi connectivity index (χ0v) is 24.2. The number of nitrogens with zero attached hydrogens (tertiary/aromatic N) is 4. The van der Waals surface area contributed by atoms with Crippen LogP contribution < -0.4 is 10.2 Å². The molecule has 0 amide bonds. The van der Waals surface area contributed by atoms with Crippen LogP contribution in [0, 0.1) is 0 Å². The summed E-state index contributed by atoms with van der Waals surface area (Å²) in [6.45, 7) is 4.38. The molecular weight excluding hydrogens is 584 g/mol. The van der Waals surface area contributed by atoms with Crippen molar-refractivity contribution in [2.45, 2.75) is 6.54 Å². The van der Waals surface area contributed by atoms with E-state index in [1.54, 1.807) is 23.6 Å². The van der Waals surface area contributed by atoms with Crippen molar-refractivity contribution in [3.63, 3.8) is 0 Å². The van der Waals surface area contributed by atoms with Gasteiger partial charge in [0.05, 0.1) is 15.7 Å². The lowest BCUT2D eigenvalue weighted by molar-refractivity contribution is 0.247. The molecule has 11 heteroatoms. The molecule has 200 valence electrons. The van der Waals surface area contributed by atoms with Crippen molar-refractivity contribution in [1.29, 1.82) is 0 Å². The van der Waals surface area contributed by atoms with E-state index < -0.39 is 0 Å². The molecule has 1 aliphatic rings. The largest absolute Gasteiger partial charge is 0.508 e. The lowest BCUT2D eigenvalue weighted by Gasteiger charge is -2.34. The van der Waals surface area contributed by atoms with E-state index in [4.69, 9.17) is 16.6 Å². The molecular formula is C27H27Cl4N5OS. The lowest BCUT2D eigenvalue weighted by atomic mass is 10.1. The van der Waals surface area contributed by atoms with Crippen molar-refractivity contribution in [3.8, 4) is 5.75 Å². The van der Waals surface area contributed by atoms with E-state index in [0.29, 0.717) is 17.3 Å². The van der Waals surface area contributed by atoms with Crippen molar-refractivity contribution < 1.29 is 5.11 Å². The highest BCUT2D eigenvalue weighted by molar-refractivity contribution is 7.22. The summed E-state index contributed by atoms with van der Waals surface area (Å²) in [4.78, 5) is 14.0. The average Bonchev–Trinajstić information content (AvgIpc) is 3.31. The van der Waals surface area contributed by atoms with E-state index in [-0.39, 0.29) is 37.2 Å². The molecule has 1 saturated heterocycles. The number of pyridine rings is 1. The number of phenolic OH excluding ortho intramolecular Hbond substituents is 1. The number of hydrogen-bond donors (Lipinski definition) is 2. The minimum atomic E-state index is 0. The number of anilines is 3. The van der Waals surface area contributed by atoms with E-state index in [2.05, 4.69) is 38.3 Å². The maximum absolute atomic E-state index is 10.5. The van der Waals surface area contributed by atoms with E-state index in [0.717, 1.165) is 64.7 Å². The fourth-order valence-corrected chi connectivity index (χ4v) is 5.69. The monoisotopic (exact) mass is 609 g/mol. The van der Waals surface area contributed by atoms with Crippen LogP contribution in [0.25, 0.3) is 21.1 Å². The molecule has 0 aliphatic carbocycles. The standard InChI is InChI=1S/C27H24ClN5OS.3ClH/c28-19-5-7-21-22(9-10-29-24(21)16-19)30-20-6-8-25(34)18(15-20)17-32-11-13-33(14-12-32)27-31-23-3-1-2-4-26(23)35-27;;;/h1-10,15-16,34H,11-14,17H2,(H,29,30);3*1H. The number of rotatable bonds is 5. The van der Waals surface area contributed by atoms with Crippen molar-refractivity contribution in [2.75, 3.05) is 36.4 Å². The number of halogens is 4. The molecule has 0 atom stereocenters. The molecule has 0 saturated carbocycles. The second kappa shape index (κ2) is 13.0. The fraction of sp³-hybridized carbons (Fsp3) is 0.185. The van der Waals surface area contributed by atoms with Crippen LogP contribution in [0.3, 0.4) is 0 Å². The first kappa shape index (κ1) is 30.0. The van der Waals surface area contributed by atoms with Gasteiger partial charge in [-0.2, -0.15) is 0 Å². The first-order chi connectivity index (χ1) is 17.1. The number of fused-ring (bicyclic) bond motifs is 2. The van der Waals surface area contributed by atoms with Crippen LogP contribution in [0.5, 0.6) is 5.75 Å². The van der Waals surface area contributed by atoms with Gasteiger partial charge in [-0.1, -0.05) is 35.1 Å². The summed E-state index contributed by atoms with van der Waals surface area (Å²) < 4.78 is 1.23. The first-order valence-corrected chi connectivity index (χ1v) is 12.8. The van der Waals surface area contributed by atoms with Gasteiger partial charge in [-0.25, -0.2) is 4.98 Å². The molecule has 1 aliphatic heterocycles. The van der Waals surface area contributed by atoms with Gasteiger partial charge in [-0.3, -0.25) is 9.88 Å². The van der Waals surface area contributed by atoms with Crippen molar-refractivity contribution in [3.05, 3.63) is 83.5 Å². The Balaban J connectivity index is 0.00000133. The Kier molecular flexibility index (Phi) is 10.3. The number of hydrogen-bond acceptors (Lipinski definition) is 7. The summed E-state index contributed by atoms with van der Waals surface area (Å²) in [6, 6.07) is 21.6. The molecule has 6 rings (SSSR count). The predicted molar refractivity (Wildman–Crippen MR) is 167 cm³/mol. The molecule has 0 spiro atoms. The number of nitrogens with one attached hydrogen (secondary N) is 1. The highest BCUT2D eigenvalue weighted by Crippen LogP contribution is 2.31. The molecule has 6 nitrogen and oxygen atoms in total. The quantitative estimate of drug-likeness (QED) is 0.200. The molecule has 0 unspecified atom stereocenters. The molecule has 3 aromatic carbocycles. The molecule has 2 aromatic heterocycles. The zero-order valence-electron chi connectivity index (χ0n) is 20.2. The van der Waals surface area contributed by atoms with E-state index in [9.17, 15) is 5.11 Å². The Morgan fingerprint density at radius 3 is 2.47 bits per heavy atom. The number of para-hydroxylation sites is 1. The van der Waals surface area contributed by atoms with Gasteiger partial charge in [-0.05, 0) is 54.6 Å². The fourth-order valence-electron chi connectivity index (χ4n) is 4.51. The third-order valence-electron chi connectivity index (χ3n) is 6.38. The highest BCUT2D eigenvalue weighted by atomic mass is 35.5. The maximum Gasteiger partial charge on any atom is 0.186 e. The van der Waals surface area contributed by atoms with E-state index in [1.165, 1.54) is 4.70 Å². The number of piperazine rings is 1. The molecule has 38 heavy (non-hydrogen) atoms. The van der Waals surface area contributed by atoms with Gasteiger partial charge < -0.3 is 15.3 Å². The van der Waals surface area contributed by atoms with Crippen molar-refractivity contribution in [1.82, 2.24) is 14.9 Å². The Labute approximate surface area is 248 Å². The van der Waals surface area contributed by atoms with Crippen LogP contribution in [0.15, 0.2) is 72.9 Å². The van der Waals surface area contributed by atoms with Crippen LogP contribution in [0.4, 0.5) is 16.5 Å². The van der Waals surface area contributed by atoms with Crippen LogP contribution in [-0.2, 0) is 6.54 Å². The number of thiazole rings is 1. The summed E-state index contributed by atoms with van der Waals surface area (Å²) in [5.41, 5.74) is 4.69. The van der Waals surface area contributed by atoms with Gasteiger partial charge in [0.15, 0.2) is 5.13 Å². The predicted octanol–water partition coefficient (Wildman–Crippen LogP) is 7.53. The van der Waals surface area contributed by atoms with E-state index >= 15 is 0 Å². The Bertz CT molecular complexity index is 1490. The SMILES string of the molecule is Cl.Cl.Cl.Oc1ccc(Nc2ccnc3cc(Cl)ccc23)cc1CN1CCN(c2nc3ccccc3s2)CC1. The summed E-state index contributed by atoms with van der Waals surface area (Å²) in [7, 11) is 0. The molecule has 0 bridgehead atoms. The minimum absolute atomic E-state index is 0. The normalized spacial score (nSPS) is 13.4. The van der Waals surface area contributed by atoms with Crippen molar-refractivity contribution >= 4 is 97.8 Å². The molecule has 5 aromatic rings. The summed E-state index contributed by atoms with van der Waals surface area (Å²) >= 11 is 7.88. The summed E-state index contributed by atoms with van der Waals surface area (Å²) in [5, 5.41) is 16.8. The third kappa shape index (κ3) is 6.37. The maximum atomic E-state index is 10.5. The smallest absolute Gasteiger partial charge is 0.186 e. The first-order valence-electron chi connectivity index (χ1n) is 11.6. The Morgan fingerprint density at radius 1 is 0.895 bits per heavy atom. The van der Waals surface area contributed by atoms with Crippen LogP contribution >= 0.6 is 60.2 Å². The van der Waals surface area contributed by atoms with E-state index in [1.807, 2.05) is 42.5 Å². The van der Waals surface area contributed by atoms with Crippen molar-refractivity contribution in [2.24, 2.45) is 0 Å². The number of aromatic nitrogens is 2. The minimum Gasteiger partial charge on any atom is -0.508 e. The molecule has 3 heterocycles. The Morgan fingerprint density at radius 2 is 1.68 bits per heavy atom. The van der Waals surface area contributed by atoms with Gasteiger partial charge >= 0.3 is 0 Å². The second-order valence-corrected chi connectivity index (χ2v) is 10.2. The Hall–Kier alpha value is -2.52. The van der Waals surface area contributed by atoms with Crippen LogP contribution in [-0.4, -0.2) is 46.2 Å². The number of phenols is 1. The second-order valence-electron chi connectivity index (χ2n) is 8.72. The zero-order chi connectivity index (χ0) is 23.8. The average molecular weight is 611 g/mol. The van der Waals surface area contributed by atoms with Gasteiger partial charge in [0.2, 0.25) is 0 Å². The third-order valence-corrected chi connectivity index (χ3v) is 7.71. The van der Waals surface area contributed by atoms with Crippen LogP contribution in [0.1, 0.15) is 5.56 Å². The summed E-state index contributed by atoms with van der Waals surface area (Å²) in [5.74, 6) is 0.315.